The molecule has 0 saturated carbocycles. The van der Waals surface area contributed by atoms with E-state index < -0.39 is 11.8 Å². The van der Waals surface area contributed by atoms with Crippen molar-refractivity contribution in [1.82, 2.24) is 4.98 Å². The van der Waals surface area contributed by atoms with Crippen molar-refractivity contribution in [2.75, 3.05) is 5.73 Å². The molecular formula is C12H8BrFN2O3. The number of pyridine rings is 1. The molecule has 0 saturated heterocycles. The molecule has 2 rings (SSSR count). The second kappa shape index (κ2) is 5.23. The average molecular weight is 327 g/mol. The molecule has 0 radical (unpaired) electrons. The van der Waals surface area contributed by atoms with E-state index in [1.165, 1.54) is 24.4 Å². The largest absolute Gasteiger partial charge is 0.477 e. The van der Waals surface area contributed by atoms with Gasteiger partial charge in [-0.2, -0.15) is 0 Å². The van der Waals surface area contributed by atoms with E-state index in [1.54, 1.807) is 0 Å². The summed E-state index contributed by atoms with van der Waals surface area (Å²) in [5.74, 6) is -1.76. The maximum atomic E-state index is 13.3. The number of hydrogen-bond donors (Lipinski definition) is 2. The van der Waals surface area contributed by atoms with Crippen molar-refractivity contribution < 1.29 is 19.0 Å². The summed E-state index contributed by atoms with van der Waals surface area (Å²) in [6.45, 7) is 0. The van der Waals surface area contributed by atoms with Crippen molar-refractivity contribution in [3.05, 3.63) is 46.3 Å². The molecule has 0 bridgehead atoms. The highest BCUT2D eigenvalue weighted by Gasteiger charge is 2.14. The van der Waals surface area contributed by atoms with Crippen molar-refractivity contribution >= 4 is 27.6 Å². The van der Waals surface area contributed by atoms with Gasteiger partial charge in [-0.1, -0.05) is 0 Å². The van der Waals surface area contributed by atoms with Crippen LogP contribution in [0.25, 0.3) is 0 Å². The number of rotatable bonds is 3. The monoisotopic (exact) mass is 326 g/mol. The van der Waals surface area contributed by atoms with Crippen LogP contribution in [-0.2, 0) is 0 Å². The predicted octanol–water partition coefficient (Wildman–Crippen LogP) is 3.06. The summed E-state index contributed by atoms with van der Waals surface area (Å²) in [6.07, 6.45) is 1.26. The van der Waals surface area contributed by atoms with Gasteiger partial charge in [0, 0.05) is 6.07 Å². The fourth-order valence-electron chi connectivity index (χ4n) is 1.35. The van der Waals surface area contributed by atoms with E-state index >= 15 is 0 Å². The van der Waals surface area contributed by atoms with E-state index in [2.05, 4.69) is 20.9 Å². The third kappa shape index (κ3) is 3.00. The first-order chi connectivity index (χ1) is 8.97. The summed E-state index contributed by atoms with van der Waals surface area (Å²) >= 11 is 3.01. The third-order valence-corrected chi connectivity index (χ3v) is 2.85. The number of ether oxygens (including phenoxy) is 1. The third-order valence-electron chi connectivity index (χ3n) is 2.21. The fourth-order valence-corrected chi connectivity index (χ4v) is 1.60. The molecule has 0 spiro atoms. The number of halogens is 2. The van der Waals surface area contributed by atoms with Crippen LogP contribution in [0.2, 0.25) is 0 Å². The van der Waals surface area contributed by atoms with Gasteiger partial charge in [0.2, 0.25) is 5.88 Å². The van der Waals surface area contributed by atoms with Crippen LogP contribution in [0.1, 0.15) is 10.4 Å². The number of carboxylic acid groups (broad SMARTS) is 1. The number of hydrogen-bond acceptors (Lipinski definition) is 4. The summed E-state index contributed by atoms with van der Waals surface area (Å²) in [6, 6.07) is 5.27. The fraction of sp³-hybridized carbons (Fsp3) is 0. The van der Waals surface area contributed by atoms with Gasteiger partial charge in [-0.25, -0.2) is 14.2 Å². The molecule has 5 nitrogen and oxygen atoms in total. The minimum Gasteiger partial charge on any atom is -0.477 e. The summed E-state index contributed by atoms with van der Waals surface area (Å²) in [7, 11) is 0. The van der Waals surface area contributed by atoms with Gasteiger partial charge in [0.05, 0.1) is 16.4 Å². The van der Waals surface area contributed by atoms with Crippen molar-refractivity contribution in [1.29, 1.82) is 0 Å². The van der Waals surface area contributed by atoms with E-state index in [0.717, 1.165) is 6.07 Å². The minimum absolute atomic E-state index is 0.139. The highest BCUT2D eigenvalue weighted by Crippen LogP contribution is 2.27. The first-order valence-corrected chi connectivity index (χ1v) is 5.88. The predicted molar refractivity (Wildman–Crippen MR) is 69.8 cm³/mol. The Hall–Kier alpha value is -2.15. The molecule has 0 aliphatic heterocycles. The lowest BCUT2D eigenvalue weighted by atomic mass is 10.2. The van der Waals surface area contributed by atoms with Crippen LogP contribution in [0.15, 0.2) is 34.9 Å². The number of nitrogen functional groups attached to an aromatic ring is 1. The number of aromatic nitrogens is 1. The molecular weight excluding hydrogens is 319 g/mol. The van der Waals surface area contributed by atoms with Gasteiger partial charge in [-0.05, 0) is 34.1 Å². The van der Waals surface area contributed by atoms with Gasteiger partial charge >= 0.3 is 5.97 Å². The van der Waals surface area contributed by atoms with E-state index in [1.807, 2.05) is 0 Å². The SMILES string of the molecule is Nc1cnc(Oc2ccc(Br)c(F)c2)c(C(=O)O)c1. The quantitative estimate of drug-likeness (QED) is 0.905. The van der Waals surface area contributed by atoms with E-state index in [4.69, 9.17) is 15.6 Å². The van der Waals surface area contributed by atoms with Gasteiger partial charge in [0.25, 0.3) is 0 Å². The minimum atomic E-state index is -1.23. The zero-order valence-corrected chi connectivity index (χ0v) is 11.0. The molecule has 0 atom stereocenters. The highest BCUT2D eigenvalue weighted by molar-refractivity contribution is 9.10. The van der Waals surface area contributed by atoms with E-state index in [0.29, 0.717) is 0 Å². The van der Waals surface area contributed by atoms with Crippen molar-refractivity contribution in [3.63, 3.8) is 0 Å². The van der Waals surface area contributed by atoms with E-state index in [9.17, 15) is 9.18 Å². The van der Waals surface area contributed by atoms with Gasteiger partial charge in [-0.3, -0.25) is 0 Å². The van der Waals surface area contributed by atoms with Gasteiger partial charge < -0.3 is 15.6 Å². The molecule has 1 aromatic carbocycles. The first-order valence-electron chi connectivity index (χ1n) is 5.09. The number of nitrogens with two attached hydrogens (primary N) is 1. The Bertz CT molecular complexity index is 649. The molecule has 0 unspecified atom stereocenters. The molecule has 0 aliphatic rings. The van der Waals surface area contributed by atoms with Crippen LogP contribution in [0.3, 0.4) is 0 Å². The number of aromatic carboxylic acids is 1. The van der Waals surface area contributed by atoms with Gasteiger partial charge in [0.15, 0.2) is 0 Å². The van der Waals surface area contributed by atoms with Crippen molar-refractivity contribution in [2.24, 2.45) is 0 Å². The average Bonchev–Trinajstić information content (AvgIpc) is 2.36. The molecule has 3 N–H and O–H groups in total. The number of carboxylic acids is 1. The maximum absolute atomic E-state index is 13.3. The Morgan fingerprint density at radius 3 is 2.79 bits per heavy atom. The van der Waals surface area contributed by atoms with Crippen LogP contribution in [0.4, 0.5) is 10.1 Å². The lowest BCUT2D eigenvalue weighted by molar-refractivity contribution is 0.0693. The van der Waals surface area contributed by atoms with Crippen LogP contribution >= 0.6 is 15.9 Å². The van der Waals surface area contributed by atoms with Crippen LogP contribution in [0, 0.1) is 5.82 Å². The Labute approximate surface area is 116 Å². The molecule has 1 heterocycles. The molecule has 2 aromatic rings. The molecule has 0 amide bonds. The second-order valence-corrected chi connectivity index (χ2v) is 4.46. The number of nitrogens with zero attached hydrogens (tertiary/aromatic N) is 1. The van der Waals surface area contributed by atoms with E-state index in [-0.39, 0.29) is 27.4 Å². The van der Waals surface area contributed by atoms with Gasteiger partial charge in [-0.15, -0.1) is 0 Å². The second-order valence-electron chi connectivity index (χ2n) is 3.60. The zero-order chi connectivity index (χ0) is 14.0. The molecule has 1 aromatic heterocycles. The Kier molecular flexibility index (Phi) is 3.66. The van der Waals surface area contributed by atoms with Gasteiger partial charge in [0.1, 0.15) is 17.1 Å². The van der Waals surface area contributed by atoms with Crippen LogP contribution < -0.4 is 10.5 Å². The first kappa shape index (κ1) is 13.3. The lowest BCUT2D eigenvalue weighted by Crippen LogP contribution is -2.03. The van der Waals surface area contributed by atoms with Crippen molar-refractivity contribution in [2.45, 2.75) is 0 Å². The summed E-state index contributed by atoms with van der Waals surface area (Å²) in [5, 5.41) is 9.01. The molecule has 7 heteroatoms. The summed E-state index contributed by atoms with van der Waals surface area (Å²) in [5.41, 5.74) is 5.46. The normalized spacial score (nSPS) is 10.2. The summed E-state index contributed by atoms with van der Waals surface area (Å²) < 4.78 is 18.9. The lowest BCUT2D eigenvalue weighted by Gasteiger charge is -2.08. The Morgan fingerprint density at radius 2 is 2.16 bits per heavy atom. The molecule has 19 heavy (non-hydrogen) atoms. The molecule has 98 valence electrons. The van der Waals surface area contributed by atoms with Crippen LogP contribution in [0.5, 0.6) is 11.6 Å². The van der Waals surface area contributed by atoms with Crippen LogP contribution in [-0.4, -0.2) is 16.1 Å². The molecule has 0 aliphatic carbocycles. The number of carbonyl (C=O) groups is 1. The Balaban J connectivity index is 2.37. The number of anilines is 1. The summed E-state index contributed by atoms with van der Waals surface area (Å²) in [4.78, 5) is 14.8. The molecule has 0 fully saturated rings. The highest BCUT2D eigenvalue weighted by atomic mass is 79.9. The zero-order valence-electron chi connectivity index (χ0n) is 9.43. The number of benzene rings is 1. The smallest absolute Gasteiger partial charge is 0.341 e. The Morgan fingerprint density at radius 1 is 1.42 bits per heavy atom. The van der Waals surface area contributed by atoms with Crippen molar-refractivity contribution in [3.8, 4) is 11.6 Å². The standard InChI is InChI=1S/C12H8BrFN2O3/c13-9-2-1-7(4-10(9)14)19-11-8(12(17)18)3-6(15)5-16-11/h1-5H,15H2,(H,17,18). The topological polar surface area (TPSA) is 85.4 Å². The maximum Gasteiger partial charge on any atom is 0.341 e.